The maximum atomic E-state index is 13.4. The first-order valence-corrected chi connectivity index (χ1v) is 7.99. The van der Waals surface area contributed by atoms with Crippen molar-refractivity contribution in [1.29, 1.82) is 0 Å². The third-order valence-corrected chi connectivity index (χ3v) is 4.51. The van der Waals surface area contributed by atoms with E-state index < -0.39 is 0 Å². The van der Waals surface area contributed by atoms with E-state index in [4.69, 9.17) is 11.6 Å². The zero-order valence-electron chi connectivity index (χ0n) is 11.2. The van der Waals surface area contributed by atoms with E-state index in [0.29, 0.717) is 11.4 Å². The topological polar surface area (TPSA) is 12.0 Å². The maximum absolute atomic E-state index is 13.4. The van der Waals surface area contributed by atoms with Gasteiger partial charge in [0.1, 0.15) is 5.82 Å². The van der Waals surface area contributed by atoms with Gasteiger partial charge in [0.05, 0.1) is 0 Å². The molecule has 2 aromatic carbocycles. The van der Waals surface area contributed by atoms with E-state index in [1.54, 1.807) is 6.07 Å². The van der Waals surface area contributed by atoms with Crippen molar-refractivity contribution in [3.8, 4) is 0 Å². The van der Waals surface area contributed by atoms with Crippen molar-refractivity contribution in [2.45, 2.75) is 19.4 Å². The summed E-state index contributed by atoms with van der Waals surface area (Å²) in [5, 5.41) is 4.06. The van der Waals surface area contributed by atoms with Crippen LogP contribution in [0.3, 0.4) is 0 Å². The standard InChI is InChI=1S/C16H16ClFIN/c1-2-20-16(13-5-3-4-6-15(13)19)10-11-9-12(18)7-8-14(11)17/h3-9,16,20H,2,10H2,1H3. The molecule has 0 aliphatic rings. The molecule has 2 aromatic rings. The van der Waals surface area contributed by atoms with Crippen molar-refractivity contribution in [3.63, 3.8) is 0 Å². The van der Waals surface area contributed by atoms with Crippen LogP contribution in [0.15, 0.2) is 42.5 Å². The predicted octanol–water partition coefficient (Wildman–Crippen LogP) is 4.98. The molecule has 0 radical (unpaired) electrons. The van der Waals surface area contributed by atoms with Gasteiger partial charge in [0.2, 0.25) is 0 Å². The smallest absolute Gasteiger partial charge is 0.123 e. The van der Waals surface area contributed by atoms with Gasteiger partial charge in [-0.1, -0.05) is 36.7 Å². The second-order valence-corrected chi connectivity index (χ2v) is 6.14. The van der Waals surface area contributed by atoms with Crippen LogP contribution < -0.4 is 5.32 Å². The molecular weight excluding hydrogens is 388 g/mol. The fourth-order valence-electron chi connectivity index (χ4n) is 2.22. The number of nitrogens with one attached hydrogen (secondary N) is 1. The Balaban J connectivity index is 2.30. The molecule has 0 aliphatic carbocycles. The molecule has 0 amide bonds. The van der Waals surface area contributed by atoms with E-state index in [2.05, 4.69) is 47.0 Å². The third kappa shape index (κ3) is 3.93. The molecule has 0 saturated heterocycles. The highest BCUT2D eigenvalue weighted by Gasteiger charge is 2.15. The Morgan fingerprint density at radius 3 is 2.70 bits per heavy atom. The molecule has 0 aromatic heterocycles. The van der Waals surface area contributed by atoms with Gasteiger partial charge in [-0.05, 0) is 70.9 Å². The fraction of sp³-hybridized carbons (Fsp3) is 0.250. The average molecular weight is 404 g/mol. The number of benzene rings is 2. The molecule has 0 aliphatic heterocycles. The molecular formula is C16H16ClFIN. The average Bonchev–Trinajstić information content (AvgIpc) is 2.43. The van der Waals surface area contributed by atoms with Gasteiger partial charge in [0.25, 0.3) is 0 Å². The second kappa shape index (κ2) is 7.38. The maximum Gasteiger partial charge on any atom is 0.123 e. The van der Waals surface area contributed by atoms with E-state index >= 15 is 0 Å². The minimum Gasteiger partial charge on any atom is -0.310 e. The van der Waals surface area contributed by atoms with Crippen LogP contribution in [-0.4, -0.2) is 6.54 Å². The zero-order chi connectivity index (χ0) is 14.5. The van der Waals surface area contributed by atoms with Gasteiger partial charge in [-0.3, -0.25) is 0 Å². The van der Waals surface area contributed by atoms with Crippen molar-refractivity contribution in [1.82, 2.24) is 5.32 Å². The summed E-state index contributed by atoms with van der Waals surface area (Å²) in [6, 6.07) is 12.9. The first-order chi connectivity index (χ1) is 9.61. The number of halogens is 3. The molecule has 0 heterocycles. The molecule has 1 atom stereocenters. The minimum absolute atomic E-state index is 0.132. The molecule has 0 spiro atoms. The van der Waals surface area contributed by atoms with Gasteiger partial charge in [-0.2, -0.15) is 0 Å². The van der Waals surface area contributed by atoms with Crippen molar-refractivity contribution >= 4 is 34.2 Å². The molecule has 2 rings (SSSR count). The van der Waals surface area contributed by atoms with Gasteiger partial charge in [0, 0.05) is 14.6 Å². The van der Waals surface area contributed by atoms with Crippen LogP contribution in [0.1, 0.15) is 24.1 Å². The van der Waals surface area contributed by atoms with Gasteiger partial charge in [0.15, 0.2) is 0 Å². The lowest BCUT2D eigenvalue weighted by molar-refractivity contribution is 0.545. The number of hydrogen-bond acceptors (Lipinski definition) is 1. The first kappa shape index (κ1) is 15.7. The van der Waals surface area contributed by atoms with E-state index in [9.17, 15) is 4.39 Å². The van der Waals surface area contributed by atoms with Crippen LogP contribution >= 0.6 is 34.2 Å². The summed E-state index contributed by atoms with van der Waals surface area (Å²) >= 11 is 8.50. The number of hydrogen-bond donors (Lipinski definition) is 1. The molecule has 1 N–H and O–H groups in total. The Bertz CT molecular complexity index is 588. The van der Waals surface area contributed by atoms with Gasteiger partial charge >= 0.3 is 0 Å². The number of likely N-dealkylation sites (N-methyl/N-ethyl adjacent to an activating group) is 1. The molecule has 1 unspecified atom stereocenters. The van der Waals surface area contributed by atoms with Crippen molar-refractivity contribution < 1.29 is 4.39 Å². The van der Waals surface area contributed by atoms with E-state index in [1.165, 1.54) is 21.3 Å². The minimum atomic E-state index is -0.248. The molecule has 1 nitrogen and oxygen atoms in total. The van der Waals surface area contributed by atoms with Gasteiger partial charge in [-0.15, -0.1) is 0 Å². The molecule has 0 saturated carbocycles. The lowest BCUT2D eigenvalue weighted by atomic mass is 9.98. The Hall–Kier alpha value is -0.650. The Morgan fingerprint density at radius 1 is 1.25 bits per heavy atom. The SMILES string of the molecule is CCNC(Cc1cc(F)ccc1Cl)c1ccccc1I. The normalized spacial score (nSPS) is 12.4. The monoisotopic (exact) mass is 403 g/mol. The van der Waals surface area contributed by atoms with E-state index in [0.717, 1.165) is 12.1 Å². The summed E-state index contributed by atoms with van der Waals surface area (Å²) in [4.78, 5) is 0. The second-order valence-electron chi connectivity index (χ2n) is 4.57. The zero-order valence-corrected chi connectivity index (χ0v) is 14.1. The van der Waals surface area contributed by atoms with Crippen LogP contribution in [0.4, 0.5) is 4.39 Å². The Labute approximate surface area is 137 Å². The van der Waals surface area contributed by atoms with Crippen LogP contribution in [0.25, 0.3) is 0 Å². The first-order valence-electron chi connectivity index (χ1n) is 6.53. The summed E-state index contributed by atoms with van der Waals surface area (Å²) in [6.07, 6.45) is 0.671. The quantitative estimate of drug-likeness (QED) is 0.695. The summed E-state index contributed by atoms with van der Waals surface area (Å²) in [7, 11) is 0. The van der Waals surface area contributed by atoms with Gasteiger partial charge < -0.3 is 5.32 Å². The molecule has 0 fully saturated rings. The van der Waals surface area contributed by atoms with Crippen LogP contribution in [0.2, 0.25) is 5.02 Å². The molecule has 0 bridgehead atoms. The third-order valence-electron chi connectivity index (χ3n) is 3.16. The Morgan fingerprint density at radius 2 is 2.00 bits per heavy atom. The van der Waals surface area contributed by atoms with Crippen molar-refractivity contribution in [2.24, 2.45) is 0 Å². The lowest BCUT2D eigenvalue weighted by Crippen LogP contribution is -2.24. The molecule has 20 heavy (non-hydrogen) atoms. The summed E-state index contributed by atoms with van der Waals surface area (Å²) in [6.45, 7) is 2.92. The summed E-state index contributed by atoms with van der Waals surface area (Å²) in [5.41, 5.74) is 2.05. The van der Waals surface area contributed by atoms with Crippen LogP contribution in [0.5, 0.6) is 0 Å². The summed E-state index contributed by atoms with van der Waals surface area (Å²) in [5.74, 6) is -0.248. The van der Waals surface area contributed by atoms with Crippen LogP contribution in [0, 0.1) is 9.39 Å². The van der Waals surface area contributed by atoms with Crippen LogP contribution in [-0.2, 0) is 6.42 Å². The van der Waals surface area contributed by atoms with E-state index in [1.807, 2.05) is 12.1 Å². The largest absolute Gasteiger partial charge is 0.310 e. The Kier molecular flexibility index (Phi) is 5.81. The summed E-state index contributed by atoms with van der Waals surface area (Å²) < 4.78 is 14.6. The van der Waals surface area contributed by atoms with E-state index in [-0.39, 0.29) is 11.9 Å². The van der Waals surface area contributed by atoms with Gasteiger partial charge in [-0.25, -0.2) is 4.39 Å². The van der Waals surface area contributed by atoms with Crippen molar-refractivity contribution in [2.75, 3.05) is 6.54 Å². The highest BCUT2D eigenvalue weighted by molar-refractivity contribution is 14.1. The highest BCUT2D eigenvalue weighted by Crippen LogP contribution is 2.27. The lowest BCUT2D eigenvalue weighted by Gasteiger charge is -2.20. The molecule has 106 valence electrons. The number of rotatable bonds is 5. The molecule has 4 heteroatoms. The predicted molar refractivity (Wildman–Crippen MR) is 90.7 cm³/mol. The highest BCUT2D eigenvalue weighted by atomic mass is 127. The fourth-order valence-corrected chi connectivity index (χ4v) is 3.17. The van der Waals surface area contributed by atoms with Crippen molar-refractivity contribution in [3.05, 3.63) is 68.0 Å².